The van der Waals surface area contributed by atoms with Crippen molar-refractivity contribution in [2.45, 2.75) is 0 Å². The summed E-state index contributed by atoms with van der Waals surface area (Å²) in [6.07, 6.45) is 0. The van der Waals surface area contributed by atoms with Crippen LogP contribution < -0.4 is 5.11 Å². The van der Waals surface area contributed by atoms with Crippen LogP contribution >= 0.6 is 0 Å². The summed E-state index contributed by atoms with van der Waals surface area (Å²) in [6.45, 7) is 0. The fraction of sp³-hybridized carbons (Fsp3) is 0. The molecule has 1 aromatic rings. The lowest BCUT2D eigenvalue weighted by Crippen LogP contribution is -2.73. The Balaban J connectivity index is 2.69. The van der Waals surface area contributed by atoms with E-state index >= 15 is 0 Å². The summed E-state index contributed by atoms with van der Waals surface area (Å²) < 4.78 is 0. The predicted molar refractivity (Wildman–Crippen MR) is 37.5 cm³/mol. The van der Waals surface area contributed by atoms with Gasteiger partial charge in [-0.3, -0.25) is 0 Å². The lowest BCUT2D eigenvalue weighted by Gasteiger charge is -1.91. The molecule has 0 fully saturated rings. The molecular formula is C7H5N3O2+2. The molecule has 0 saturated carbocycles. The van der Waals surface area contributed by atoms with Gasteiger partial charge in [-0.15, -0.1) is 0 Å². The van der Waals surface area contributed by atoms with Crippen molar-refractivity contribution in [3.63, 3.8) is 0 Å². The third-order valence-electron chi connectivity index (χ3n) is 1.60. The average molecular weight is 163 g/mol. The molecule has 5 heteroatoms. The molecule has 0 spiro atoms. The van der Waals surface area contributed by atoms with Gasteiger partial charge in [-0.1, -0.05) is 12.1 Å². The van der Waals surface area contributed by atoms with Crippen molar-refractivity contribution in [2.24, 2.45) is 5.22 Å². The largest absolute Gasteiger partial charge is 0.453 e. The smallest absolute Gasteiger partial charge is 0.211 e. The summed E-state index contributed by atoms with van der Waals surface area (Å²) >= 11 is 0. The first-order valence-electron chi connectivity index (χ1n) is 3.36. The molecule has 0 atom stereocenters. The molecule has 0 bridgehead atoms. The molecule has 0 saturated heterocycles. The van der Waals surface area contributed by atoms with Crippen molar-refractivity contribution in [1.29, 1.82) is 0 Å². The minimum absolute atomic E-state index is 0.279. The lowest BCUT2D eigenvalue weighted by molar-refractivity contribution is -0.637. The maximum absolute atomic E-state index is 11.1. The molecule has 0 unspecified atom stereocenters. The van der Waals surface area contributed by atoms with Crippen LogP contribution in [-0.4, -0.2) is 10.8 Å². The lowest BCUT2D eigenvalue weighted by atomic mass is 10.1. The number of nitrogens with one attached hydrogen (secondary N) is 1. The summed E-state index contributed by atoms with van der Waals surface area (Å²) in [5.41, 5.74) is 0.628. The molecule has 2 rings (SSSR count). The Labute approximate surface area is 67.3 Å². The zero-order valence-electron chi connectivity index (χ0n) is 6.02. The molecule has 0 aliphatic carbocycles. The van der Waals surface area contributed by atoms with Crippen LogP contribution in [0.5, 0.6) is 0 Å². The van der Waals surface area contributed by atoms with Crippen LogP contribution in [0.25, 0.3) is 0 Å². The molecule has 1 aliphatic rings. The monoisotopic (exact) mass is 163 g/mol. The number of hydrogen-bond acceptors (Lipinski definition) is 2. The van der Waals surface area contributed by atoms with Crippen molar-refractivity contribution in [2.75, 3.05) is 0 Å². The van der Waals surface area contributed by atoms with Crippen molar-refractivity contribution in [1.82, 2.24) is 0 Å². The van der Waals surface area contributed by atoms with Crippen LogP contribution in [0.1, 0.15) is 10.4 Å². The summed E-state index contributed by atoms with van der Waals surface area (Å²) in [4.78, 5) is 22.4. The van der Waals surface area contributed by atoms with E-state index in [0.29, 0.717) is 10.4 Å². The highest BCUT2D eigenvalue weighted by Gasteiger charge is 2.34. The topological polar surface area (TPSA) is 63.5 Å². The number of hydrogen-bond donors (Lipinski definition) is 1. The number of fused-ring (bicyclic) bond motifs is 1. The van der Waals surface area contributed by atoms with E-state index in [-0.39, 0.29) is 11.6 Å². The molecule has 5 nitrogen and oxygen atoms in total. The van der Waals surface area contributed by atoms with Crippen LogP contribution in [0.15, 0.2) is 29.5 Å². The third-order valence-corrected chi connectivity index (χ3v) is 1.60. The van der Waals surface area contributed by atoms with Crippen LogP contribution in [-0.2, 0) is 0 Å². The van der Waals surface area contributed by atoms with Crippen molar-refractivity contribution < 1.29 is 14.8 Å². The zero-order chi connectivity index (χ0) is 8.55. The Morgan fingerprint density at radius 3 is 2.83 bits per heavy atom. The Morgan fingerprint density at radius 1 is 1.33 bits per heavy atom. The van der Waals surface area contributed by atoms with E-state index in [0.717, 1.165) is 0 Å². The molecule has 1 N–H and O–H groups in total. The molecule has 12 heavy (non-hydrogen) atoms. The number of nitrogens with zero attached hydrogens (tertiary/aromatic N) is 2. The van der Waals surface area contributed by atoms with Crippen LogP contribution in [0.4, 0.5) is 5.69 Å². The van der Waals surface area contributed by atoms with Gasteiger partial charge in [-0.25, -0.2) is 4.79 Å². The first-order valence-corrected chi connectivity index (χ1v) is 3.36. The van der Waals surface area contributed by atoms with Gasteiger partial charge in [0.2, 0.25) is 4.87 Å². The van der Waals surface area contributed by atoms with Crippen LogP contribution in [0.2, 0.25) is 0 Å². The highest BCUT2D eigenvalue weighted by Crippen LogP contribution is 2.17. The summed E-state index contributed by atoms with van der Waals surface area (Å²) in [7, 11) is 0. The average Bonchev–Trinajstić information content (AvgIpc) is 2.12. The van der Waals surface area contributed by atoms with Crippen molar-refractivity contribution in [3.8, 4) is 0 Å². The second-order valence-electron chi connectivity index (χ2n) is 2.33. The number of benzene rings is 1. The maximum Gasteiger partial charge on any atom is 0.453 e. The Hall–Kier alpha value is -1.91. The fourth-order valence-corrected chi connectivity index (χ4v) is 1.04. The Kier molecular flexibility index (Phi) is 1.30. The maximum atomic E-state index is 11.1. The van der Waals surface area contributed by atoms with Gasteiger partial charge >= 0.3 is 16.8 Å². The second kappa shape index (κ2) is 2.30. The minimum atomic E-state index is -0.349. The van der Waals surface area contributed by atoms with Gasteiger partial charge in [0.1, 0.15) is 0 Å². The van der Waals surface area contributed by atoms with Crippen molar-refractivity contribution in [3.05, 3.63) is 34.7 Å². The van der Waals surface area contributed by atoms with Gasteiger partial charge in [0.15, 0.2) is 5.56 Å². The minimum Gasteiger partial charge on any atom is -0.211 e. The SMILES string of the molecule is O=C1[NH+]=N[N+](=O)c2ccccc21. The zero-order valence-corrected chi connectivity index (χ0v) is 6.02. The predicted octanol–water partition coefficient (Wildman–Crippen LogP) is -0.301. The first kappa shape index (κ1) is 6.78. The van der Waals surface area contributed by atoms with Crippen molar-refractivity contribution >= 4 is 11.6 Å². The van der Waals surface area contributed by atoms with E-state index in [9.17, 15) is 9.70 Å². The van der Waals surface area contributed by atoms with E-state index < -0.39 is 0 Å². The van der Waals surface area contributed by atoms with E-state index in [1.807, 2.05) is 0 Å². The number of para-hydroxylation sites is 1. The summed E-state index contributed by atoms with van der Waals surface area (Å²) in [5, 5.41) is 5.32. The van der Waals surface area contributed by atoms with E-state index in [2.05, 4.69) is 10.3 Å². The van der Waals surface area contributed by atoms with E-state index in [4.69, 9.17) is 0 Å². The molecule has 1 heterocycles. The molecule has 1 aliphatic heterocycles. The number of carbonyl (C=O) groups excluding carboxylic acids is 1. The van der Waals surface area contributed by atoms with Crippen LogP contribution in [0, 0.1) is 4.91 Å². The molecule has 0 aromatic heterocycles. The summed E-state index contributed by atoms with van der Waals surface area (Å²) in [5.74, 6) is -0.349. The van der Waals surface area contributed by atoms with E-state index in [1.54, 1.807) is 24.3 Å². The van der Waals surface area contributed by atoms with Gasteiger partial charge in [-0.05, 0) is 11.2 Å². The van der Waals surface area contributed by atoms with Gasteiger partial charge in [0.25, 0.3) is 0 Å². The third kappa shape index (κ3) is 0.833. The Morgan fingerprint density at radius 2 is 2.08 bits per heavy atom. The highest BCUT2D eigenvalue weighted by molar-refractivity contribution is 5.91. The quantitative estimate of drug-likeness (QED) is 0.533. The van der Waals surface area contributed by atoms with Gasteiger partial charge in [0.05, 0.1) is 4.91 Å². The standard InChI is InChI=1S/C7H4N3O2/c11-7-5-3-1-2-4-6(5)10(12)9-8-7/h1-4H/q+1/p+1. The normalized spacial score (nSPS) is 14.7. The summed E-state index contributed by atoms with van der Waals surface area (Å²) in [6, 6.07) is 6.49. The first-order chi connectivity index (χ1) is 5.79. The van der Waals surface area contributed by atoms with Crippen LogP contribution in [0.3, 0.4) is 0 Å². The Bertz CT molecular complexity index is 360. The number of rotatable bonds is 0. The van der Waals surface area contributed by atoms with Gasteiger partial charge in [-0.2, -0.15) is 0 Å². The van der Waals surface area contributed by atoms with Gasteiger partial charge < -0.3 is 0 Å². The molecule has 58 valence electrons. The van der Waals surface area contributed by atoms with E-state index in [1.165, 1.54) is 0 Å². The number of carbonyl (C=O) groups is 1. The molecular weight excluding hydrogens is 158 g/mol. The molecule has 1 amide bonds. The highest BCUT2D eigenvalue weighted by atomic mass is 16.3. The number of amides is 1. The fourth-order valence-electron chi connectivity index (χ4n) is 1.04. The molecule has 0 radical (unpaired) electrons. The number of nitroso groups, excluding NO2 is 1. The second-order valence-corrected chi connectivity index (χ2v) is 2.33. The molecule has 1 aromatic carbocycles. The van der Waals surface area contributed by atoms with Gasteiger partial charge in [0, 0.05) is 6.07 Å².